The van der Waals surface area contributed by atoms with Crippen molar-refractivity contribution in [1.29, 1.82) is 0 Å². The Morgan fingerprint density at radius 1 is 0.867 bits per heavy atom. The first-order chi connectivity index (χ1) is 14.9. The Hall–Kier alpha value is -2.80. The standard InChI is InChI=1S/C23H29N7/c1-3-9-20(10-4-1)28-14-16-29(17-15-28)22(19-8-7-13-24-18-19)23-25-26-27-30(23)21-11-5-2-6-12-21/h1,3-4,7-10,13,18,21-22H,2,5-6,11-12,14-17H2/t22-/m1/s1. The van der Waals surface area contributed by atoms with Gasteiger partial charge in [0.2, 0.25) is 0 Å². The van der Waals surface area contributed by atoms with Gasteiger partial charge in [0, 0.05) is 44.3 Å². The zero-order valence-corrected chi connectivity index (χ0v) is 17.3. The largest absolute Gasteiger partial charge is 0.369 e. The third kappa shape index (κ3) is 3.94. The summed E-state index contributed by atoms with van der Waals surface area (Å²) >= 11 is 0. The molecule has 0 amide bonds. The molecule has 2 aliphatic rings. The van der Waals surface area contributed by atoms with Crippen molar-refractivity contribution < 1.29 is 0 Å². The molecule has 5 rings (SSSR count). The van der Waals surface area contributed by atoms with Crippen LogP contribution >= 0.6 is 0 Å². The number of hydrogen-bond acceptors (Lipinski definition) is 6. The van der Waals surface area contributed by atoms with Gasteiger partial charge in [0.1, 0.15) is 0 Å². The molecule has 7 heteroatoms. The molecule has 0 N–H and O–H groups in total. The summed E-state index contributed by atoms with van der Waals surface area (Å²) in [6.07, 6.45) is 9.97. The summed E-state index contributed by atoms with van der Waals surface area (Å²) in [5.41, 5.74) is 2.46. The van der Waals surface area contributed by atoms with E-state index in [-0.39, 0.29) is 6.04 Å². The van der Waals surface area contributed by atoms with E-state index in [1.165, 1.54) is 37.8 Å². The fourth-order valence-corrected chi connectivity index (χ4v) is 4.90. The summed E-state index contributed by atoms with van der Waals surface area (Å²) in [4.78, 5) is 9.37. The van der Waals surface area contributed by atoms with Gasteiger partial charge in [-0.05, 0) is 47.0 Å². The van der Waals surface area contributed by atoms with Gasteiger partial charge in [0.05, 0.1) is 12.1 Å². The second-order valence-electron chi connectivity index (χ2n) is 8.32. The molecular formula is C23H29N7. The molecule has 156 valence electrons. The van der Waals surface area contributed by atoms with Gasteiger partial charge in [-0.3, -0.25) is 9.88 Å². The Balaban J connectivity index is 1.41. The minimum absolute atomic E-state index is 0.0357. The lowest BCUT2D eigenvalue weighted by Crippen LogP contribution is -2.48. The van der Waals surface area contributed by atoms with Crippen molar-refractivity contribution in [3.05, 3.63) is 66.2 Å². The van der Waals surface area contributed by atoms with Crippen LogP contribution in [0.4, 0.5) is 5.69 Å². The van der Waals surface area contributed by atoms with Gasteiger partial charge in [-0.1, -0.05) is 43.5 Å². The van der Waals surface area contributed by atoms with E-state index in [4.69, 9.17) is 0 Å². The number of para-hydroxylation sites is 1. The number of tetrazole rings is 1. The van der Waals surface area contributed by atoms with Crippen LogP contribution in [0.15, 0.2) is 54.9 Å². The van der Waals surface area contributed by atoms with Crippen LogP contribution in [-0.2, 0) is 0 Å². The quantitative estimate of drug-likeness (QED) is 0.650. The number of anilines is 1. The first-order valence-electron chi connectivity index (χ1n) is 11.1. The average molecular weight is 404 g/mol. The molecule has 1 aliphatic heterocycles. The SMILES string of the molecule is c1ccc(N2CCN([C@H](c3cccnc3)c3nnnn3C3CCCCC3)CC2)cc1. The molecule has 1 aromatic carbocycles. The molecule has 3 heterocycles. The minimum Gasteiger partial charge on any atom is -0.369 e. The number of aromatic nitrogens is 5. The first-order valence-corrected chi connectivity index (χ1v) is 11.1. The number of benzene rings is 1. The van der Waals surface area contributed by atoms with E-state index in [2.05, 4.69) is 71.4 Å². The highest BCUT2D eigenvalue weighted by atomic mass is 15.6. The molecule has 0 unspecified atom stereocenters. The van der Waals surface area contributed by atoms with Crippen LogP contribution in [-0.4, -0.2) is 56.3 Å². The van der Waals surface area contributed by atoms with Crippen molar-refractivity contribution in [2.45, 2.75) is 44.2 Å². The molecule has 1 saturated heterocycles. The lowest BCUT2D eigenvalue weighted by atomic mass is 9.95. The van der Waals surface area contributed by atoms with Crippen molar-refractivity contribution in [1.82, 2.24) is 30.1 Å². The Kier molecular flexibility index (Phi) is 5.70. The van der Waals surface area contributed by atoms with Crippen LogP contribution in [0.3, 0.4) is 0 Å². The van der Waals surface area contributed by atoms with Crippen LogP contribution in [0.1, 0.15) is 55.6 Å². The topological polar surface area (TPSA) is 63.0 Å². The number of piperazine rings is 1. The summed E-state index contributed by atoms with van der Waals surface area (Å²) in [7, 11) is 0. The number of nitrogens with zero attached hydrogens (tertiary/aromatic N) is 7. The van der Waals surface area contributed by atoms with Gasteiger partial charge in [0.25, 0.3) is 0 Å². The van der Waals surface area contributed by atoms with Crippen molar-refractivity contribution in [3.8, 4) is 0 Å². The first kappa shape index (κ1) is 19.2. The average Bonchev–Trinajstić information content (AvgIpc) is 3.31. The Bertz CT molecular complexity index is 913. The van der Waals surface area contributed by atoms with Gasteiger partial charge in [0.15, 0.2) is 5.82 Å². The van der Waals surface area contributed by atoms with Crippen molar-refractivity contribution in [2.24, 2.45) is 0 Å². The monoisotopic (exact) mass is 403 g/mol. The maximum atomic E-state index is 4.54. The highest BCUT2D eigenvalue weighted by Crippen LogP contribution is 2.33. The molecule has 0 bridgehead atoms. The van der Waals surface area contributed by atoms with Gasteiger partial charge < -0.3 is 4.90 Å². The van der Waals surface area contributed by atoms with Crippen molar-refractivity contribution >= 4 is 5.69 Å². The highest BCUT2D eigenvalue weighted by molar-refractivity contribution is 5.46. The minimum atomic E-state index is 0.0357. The van der Waals surface area contributed by atoms with E-state index >= 15 is 0 Å². The number of hydrogen-bond donors (Lipinski definition) is 0. The second-order valence-corrected chi connectivity index (χ2v) is 8.32. The van der Waals surface area contributed by atoms with E-state index < -0.39 is 0 Å². The summed E-state index contributed by atoms with van der Waals surface area (Å²) in [6, 6.07) is 15.3. The molecule has 1 aliphatic carbocycles. The van der Waals surface area contributed by atoms with Crippen LogP contribution in [0.2, 0.25) is 0 Å². The number of pyridine rings is 1. The highest BCUT2D eigenvalue weighted by Gasteiger charge is 2.32. The molecule has 2 aromatic heterocycles. The van der Waals surface area contributed by atoms with E-state index in [9.17, 15) is 0 Å². The lowest BCUT2D eigenvalue weighted by Gasteiger charge is -2.40. The van der Waals surface area contributed by atoms with Crippen molar-refractivity contribution in [3.63, 3.8) is 0 Å². The summed E-state index contributed by atoms with van der Waals surface area (Å²) in [6.45, 7) is 3.91. The van der Waals surface area contributed by atoms with Crippen LogP contribution < -0.4 is 4.90 Å². The molecule has 1 saturated carbocycles. The molecule has 7 nitrogen and oxygen atoms in total. The van der Waals surface area contributed by atoms with E-state index in [1.807, 2.05) is 18.5 Å². The normalized spacial score (nSPS) is 19.7. The summed E-state index contributed by atoms with van der Waals surface area (Å²) < 4.78 is 2.11. The predicted octanol–water partition coefficient (Wildman–Crippen LogP) is 3.48. The lowest BCUT2D eigenvalue weighted by molar-refractivity contribution is 0.193. The van der Waals surface area contributed by atoms with Gasteiger partial charge in [-0.2, -0.15) is 0 Å². The third-order valence-electron chi connectivity index (χ3n) is 6.48. The van der Waals surface area contributed by atoms with Crippen LogP contribution in [0, 0.1) is 0 Å². The van der Waals surface area contributed by atoms with Gasteiger partial charge in [-0.15, -0.1) is 5.10 Å². The Morgan fingerprint density at radius 3 is 2.40 bits per heavy atom. The van der Waals surface area contributed by atoms with E-state index in [0.717, 1.165) is 37.6 Å². The molecule has 0 radical (unpaired) electrons. The Labute approximate surface area is 177 Å². The van der Waals surface area contributed by atoms with E-state index in [1.54, 1.807) is 0 Å². The second kappa shape index (κ2) is 8.92. The fourth-order valence-electron chi connectivity index (χ4n) is 4.90. The Morgan fingerprint density at radius 2 is 1.67 bits per heavy atom. The number of rotatable bonds is 5. The van der Waals surface area contributed by atoms with Gasteiger partial charge in [-0.25, -0.2) is 4.68 Å². The summed E-state index contributed by atoms with van der Waals surface area (Å²) in [5.74, 6) is 0.961. The zero-order chi connectivity index (χ0) is 20.2. The van der Waals surface area contributed by atoms with Crippen molar-refractivity contribution in [2.75, 3.05) is 31.1 Å². The molecular weight excluding hydrogens is 374 g/mol. The fraction of sp³-hybridized carbons (Fsp3) is 0.478. The smallest absolute Gasteiger partial charge is 0.173 e. The van der Waals surface area contributed by atoms with Gasteiger partial charge >= 0.3 is 0 Å². The molecule has 1 atom stereocenters. The van der Waals surface area contributed by atoms with Crippen LogP contribution in [0.5, 0.6) is 0 Å². The van der Waals surface area contributed by atoms with E-state index in [0.29, 0.717) is 6.04 Å². The van der Waals surface area contributed by atoms with Crippen LogP contribution in [0.25, 0.3) is 0 Å². The molecule has 30 heavy (non-hydrogen) atoms. The molecule has 3 aromatic rings. The molecule has 0 spiro atoms. The zero-order valence-electron chi connectivity index (χ0n) is 17.3. The predicted molar refractivity (Wildman–Crippen MR) is 116 cm³/mol. The maximum absolute atomic E-state index is 4.54. The molecule has 2 fully saturated rings. The summed E-state index contributed by atoms with van der Waals surface area (Å²) in [5, 5.41) is 13.1. The maximum Gasteiger partial charge on any atom is 0.173 e. The third-order valence-corrected chi connectivity index (χ3v) is 6.48.